The van der Waals surface area contributed by atoms with E-state index >= 15 is 0 Å². The molecule has 1 aromatic carbocycles. The number of hydrogen-bond acceptors (Lipinski definition) is 3. The Morgan fingerprint density at radius 1 is 1.11 bits per heavy atom. The summed E-state index contributed by atoms with van der Waals surface area (Å²) in [5.74, 6) is 1.64. The van der Waals surface area contributed by atoms with Crippen LogP contribution in [0.25, 0.3) is 0 Å². The van der Waals surface area contributed by atoms with Crippen molar-refractivity contribution in [3.63, 3.8) is 0 Å². The van der Waals surface area contributed by atoms with Gasteiger partial charge in [0, 0.05) is 6.54 Å². The largest absolute Gasteiger partial charge is 1.00 e. The summed E-state index contributed by atoms with van der Waals surface area (Å²) >= 11 is 0. The summed E-state index contributed by atoms with van der Waals surface area (Å²) in [5.41, 5.74) is 1.22. The molecule has 0 radical (unpaired) electrons. The van der Waals surface area contributed by atoms with E-state index in [9.17, 15) is 0 Å². The Hall–Kier alpha value is -0.930. The molecular formula is C14H23ClNO2-. The molecule has 0 bridgehead atoms. The maximum absolute atomic E-state index is 5.61. The number of methoxy groups -OCH3 is 1. The topological polar surface area (TPSA) is 30.5 Å². The highest BCUT2D eigenvalue weighted by molar-refractivity contribution is 5.42. The quantitative estimate of drug-likeness (QED) is 0.675. The first kappa shape index (κ1) is 17.1. The van der Waals surface area contributed by atoms with E-state index in [-0.39, 0.29) is 12.4 Å². The van der Waals surface area contributed by atoms with Crippen molar-refractivity contribution in [2.24, 2.45) is 0 Å². The molecule has 0 aliphatic carbocycles. The number of ether oxygens (including phenoxy) is 2. The molecule has 0 aliphatic rings. The fourth-order valence-electron chi connectivity index (χ4n) is 1.56. The summed E-state index contributed by atoms with van der Waals surface area (Å²) in [6.07, 6.45) is 2.15. The Balaban J connectivity index is 0.00000289. The number of nitrogens with one attached hydrogen (secondary N) is 1. The first-order chi connectivity index (χ1) is 8.31. The van der Waals surface area contributed by atoms with Crippen molar-refractivity contribution in [1.29, 1.82) is 0 Å². The van der Waals surface area contributed by atoms with Gasteiger partial charge in [0.2, 0.25) is 0 Å². The summed E-state index contributed by atoms with van der Waals surface area (Å²) in [5, 5.41) is 3.37. The van der Waals surface area contributed by atoms with Crippen molar-refractivity contribution in [2.45, 2.75) is 33.2 Å². The number of hydrogen-bond donors (Lipinski definition) is 1. The van der Waals surface area contributed by atoms with Gasteiger partial charge in [-0.25, -0.2) is 0 Å². The van der Waals surface area contributed by atoms with Crippen LogP contribution in [0, 0.1) is 0 Å². The van der Waals surface area contributed by atoms with E-state index in [1.807, 2.05) is 12.1 Å². The molecular weight excluding hydrogens is 250 g/mol. The van der Waals surface area contributed by atoms with Gasteiger partial charge in [-0.2, -0.15) is 0 Å². The Morgan fingerprint density at radius 3 is 2.50 bits per heavy atom. The Bertz CT molecular complexity index is 332. The van der Waals surface area contributed by atoms with Gasteiger partial charge in [0.15, 0.2) is 11.5 Å². The van der Waals surface area contributed by atoms with Crippen LogP contribution in [0.5, 0.6) is 11.5 Å². The maximum atomic E-state index is 5.61. The molecule has 0 saturated carbocycles. The maximum Gasteiger partial charge on any atom is 0.161 e. The summed E-state index contributed by atoms with van der Waals surface area (Å²) in [6, 6.07) is 6.10. The van der Waals surface area contributed by atoms with Crippen molar-refractivity contribution in [3.05, 3.63) is 23.8 Å². The van der Waals surface area contributed by atoms with Gasteiger partial charge in [-0.3, -0.25) is 0 Å². The molecule has 0 fully saturated rings. The van der Waals surface area contributed by atoms with Gasteiger partial charge >= 0.3 is 0 Å². The van der Waals surface area contributed by atoms with Crippen molar-refractivity contribution >= 4 is 0 Å². The lowest BCUT2D eigenvalue weighted by molar-refractivity contribution is -0.00000434. The molecule has 3 nitrogen and oxygen atoms in total. The lowest BCUT2D eigenvalue weighted by Crippen LogP contribution is -3.00. The van der Waals surface area contributed by atoms with Crippen LogP contribution in [0.15, 0.2) is 18.2 Å². The van der Waals surface area contributed by atoms with Gasteiger partial charge in [-0.15, -0.1) is 0 Å². The third kappa shape index (κ3) is 5.61. The standard InChI is InChI=1S/C14H23NO2.ClH/c1-4-8-15-11-12-6-7-13(17-9-5-2)14(10-12)16-3;/h6-7,10,15H,4-5,8-9,11H2,1-3H3;1H/p-1. The molecule has 0 amide bonds. The van der Waals surface area contributed by atoms with E-state index in [2.05, 4.69) is 25.2 Å². The summed E-state index contributed by atoms with van der Waals surface area (Å²) in [7, 11) is 1.68. The van der Waals surface area contributed by atoms with Gasteiger partial charge in [-0.1, -0.05) is 19.9 Å². The zero-order valence-electron chi connectivity index (χ0n) is 11.5. The predicted molar refractivity (Wildman–Crippen MR) is 70.8 cm³/mol. The molecule has 1 aromatic rings. The molecule has 0 heterocycles. The van der Waals surface area contributed by atoms with E-state index in [4.69, 9.17) is 9.47 Å². The SMILES string of the molecule is CCCNCc1ccc(OCCC)c(OC)c1.[Cl-]. The molecule has 0 spiro atoms. The fourth-order valence-corrected chi connectivity index (χ4v) is 1.56. The third-order valence-corrected chi connectivity index (χ3v) is 2.45. The fraction of sp³-hybridized carbons (Fsp3) is 0.571. The summed E-state index contributed by atoms with van der Waals surface area (Å²) in [6.45, 7) is 6.89. The molecule has 0 unspecified atom stereocenters. The Morgan fingerprint density at radius 2 is 1.89 bits per heavy atom. The molecule has 4 heteroatoms. The van der Waals surface area contributed by atoms with Crippen LogP contribution in [0.3, 0.4) is 0 Å². The van der Waals surface area contributed by atoms with Crippen molar-refractivity contribution < 1.29 is 21.9 Å². The normalized spacial score (nSPS) is 9.72. The minimum Gasteiger partial charge on any atom is -1.00 e. The van der Waals surface area contributed by atoms with E-state index < -0.39 is 0 Å². The highest BCUT2D eigenvalue weighted by Crippen LogP contribution is 2.28. The van der Waals surface area contributed by atoms with Crippen molar-refractivity contribution in [3.8, 4) is 11.5 Å². The van der Waals surface area contributed by atoms with Crippen LogP contribution in [-0.4, -0.2) is 20.3 Å². The second kappa shape index (κ2) is 10.0. The average Bonchev–Trinajstić information content (AvgIpc) is 2.37. The van der Waals surface area contributed by atoms with Crippen molar-refractivity contribution in [1.82, 2.24) is 5.32 Å². The number of rotatable bonds is 8. The van der Waals surface area contributed by atoms with Gasteiger partial charge in [0.25, 0.3) is 0 Å². The van der Waals surface area contributed by atoms with E-state index in [0.717, 1.165) is 44.0 Å². The first-order valence-corrected chi connectivity index (χ1v) is 6.32. The van der Waals surface area contributed by atoms with Gasteiger partial charge in [0.05, 0.1) is 13.7 Å². The van der Waals surface area contributed by atoms with Gasteiger partial charge in [-0.05, 0) is 37.1 Å². The second-order valence-corrected chi connectivity index (χ2v) is 4.01. The first-order valence-electron chi connectivity index (χ1n) is 6.32. The predicted octanol–water partition coefficient (Wildman–Crippen LogP) is -0.0124. The van der Waals surface area contributed by atoms with E-state index in [1.165, 1.54) is 5.56 Å². The second-order valence-electron chi connectivity index (χ2n) is 4.01. The number of halogens is 1. The Kier molecular flexibility index (Phi) is 9.52. The molecule has 1 rings (SSSR count). The van der Waals surface area contributed by atoms with Crippen LogP contribution in [0.4, 0.5) is 0 Å². The van der Waals surface area contributed by atoms with Gasteiger partial charge < -0.3 is 27.2 Å². The minimum absolute atomic E-state index is 0. The van der Waals surface area contributed by atoms with E-state index in [1.54, 1.807) is 7.11 Å². The lowest BCUT2D eigenvalue weighted by atomic mass is 10.2. The smallest absolute Gasteiger partial charge is 0.161 e. The summed E-state index contributed by atoms with van der Waals surface area (Å²) in [4.78, 5) is 0. The van der Waals surface area contributed by atoms with Crippen LogP contribution in [-0.2, 0) is 6.54 Å². The minimum atomic E-state index is 0. The molecule has 0 saturated heterocycles. The zero-order valence-corrected chi connectivity index (χ0v) is 12.2. The Labute approximate surface area is 116 Å². The molecule has 1 N–H and O–H groups in total. The van der Waals surface area contributed by atoms with Crippen LogP contribution < -0.4 is 27.2 Å². The van der Waals surface area contributed by atoms with Crippen LogP contribution in [0.1, 0.15) is 32.3 Å². The molecule has 0 aromatic heterocycles. The third-order valence-electron chi connectivity index (χ3n) is 2.45. The average molecular weight is 273 g/mol. The van der Waals surface area contributed by atoms with E-state index in [0.29, 0.717) is 0 Å². The summed E-state index contributed by atoms with van der Waals surface area (Å²) < 4.78 is 10.9. The lowest BCUT2D eigenvalue weighted by Gasteiger charge is -2.12. The van der Waals surface area contributed by atoms with Gasteiger partial charge in [0.1, 0.15) is 0 Å². The molecule has 104 valence electrons. The highest BCUT2D eigenvalue weighted by Gasteiger charge is 2.05. The van der Waals surface area contributed by atoms with Crippen molar-refractivity contribution in [2.75, 3.05) is 20.3 Å². The highest BCUT2D eigenvalue weighted by atomic mass is 35.5. The zero-order chi connectivity index (χ0) is 12.5. The number of benzene rings is 1. The molecule has 0 aliphatic heterocycles. The van der Waals surface area contributed by atoms with Crippen LogP contribution in [0.2, 0.25) is 0 Å². The monoisotopic (exact) mass is 272 g/mol. The molecule has 18 heavy (non-hydrogen) atoms. The molecule has 0 atom stereocenters. The van der Waals surface area contributed by atoms with Crippen LogP contribution >= 0.6 is 0 Å².